The number of carboxylic acids is 1. The number of pyridine rings is 1. The van der Waals surface area contributed by atoms with Crippen molar-refractivity contribution in [2.75, 3.05) is 5.32 Å². The summed E-state index contributed by atoms with van der Waals surface area (Å²) in [6, 6.07) is 7.28. The smallest absolute Gasteiger partial charge is 0.337 e. The number of anilines is 1. The maximum absolute atomic E-state index is 12.1. The van der Waals surface area contributed by atoms with Crippen LogP contribution in [-0.2, 0) is 6.54 Å². The van der Waals surface area contributed by atoms with E-state index in [1.54, 1.807) is 6.07 Å². The van der Waals surface area contributed by atoms with Gasteiger partial charge in [-0.15, -0.1) is 0 Å². The van der Waals surface area contributed by atoms with Crippen molar-refractivity contribution < 1.29 is 14.7 Å². The molecule has 0 fully saturated rings. The number of hydrogen-bond acceptors (Lipinski definition) is 4. The van der Waals surface area contributed by atoms with Crippen LogP contribution in [0.1, 0.15) is 26.4 Å². The molecule has 0 atom stereocenters. The molecule has 0 radical (unpaired) electrons. The Morgan fingerprint density at radius 2 is 2.05 bits per heavy atom. The number of amides is 1. The summed E-state index contributed by atoms with van der Waals surface area (Å²) < 4.78 is 0. The Labute approximate surface area is 125 Å². The number of aromatic nitrogens is 1. The Morgan fingerprint density at radius 3 is 2.71 bits per heavy atom. The van der Waals surface area contributed by atoms with Crippen LogP contribution in [0, 0.1) is 0 Å². The van der Waals surface area contributed by atoms with Crippen molar-refractivity contribution in [3.05, 3.63) is 58.4 Å². The van der Waals surface area contributed by atoms with Crippen molar-refractivity contribution in [3.8, 4) is 0 Å². The van der Waals surface area contributed by atoms with Crippen molar-refractivity contribution >= 4 is 29.2 Å². The van der Waals surface area contributed by atoms with Gasteiger partial charge >= 0.3 is 5.97 Å². The lowest BCUT2D eigenvalue weighted by molar-refractivity contribution is 0.0698. The summed E-state index contributed by atoms with van der Waals surface area (Å²) in [5, 5.41) is 11.9. The second-order valence-electron chi connectivity index (χ2n) is 4.19. The molecule has 1 heterocycles. The minimum absolute atomic E-state index is 0.0797. The third-order valence-electron chi connectivity index (χ3n) is 2.75. The van der Waals surface area contributed by atoms with Crippen LogP contribution in [0.15, 0.2) is 36.5 Å². The molecule has 2 rings (SSSR count). The maximum atomic E-state index is 12.1. The zero-order valence-electron chi connectivity index (χ0n) is 10.8. The number of rotatable bonds is 4. The van der Waals surface area contributed by atoms with E-state index in [2.05, 4.69) is 10.3 Å². The van der Waals surface area contributed by atoms with Crippen LogP contribution in [-0.4, -0.2) is 22.0 Å². The fourth-order valence-electron chi connectivity index (χ4n) is 1.73. The van der Waals surface area contributed by atoms with Gasteiger partial charge in [-0.3, -0.25) is 9.78 Å². The number of benzene rings is 1. The van der Waals surface area contributed by atoms with Crippen LogP contribution in [0.25, 0.3) is 0 Å². The van der Waals surface area contributed by atoms with E-state index in [0.29, 0.717) is 11.3 Å². The summed E-state index contributed by atoms with van der Waals surface area (Å²) in [5.74, 6) is -1.62. The first kappa shape index (κ1) is 15.0. The first-order valence-electron chi connectivity index (χ1n) is 6.00. The minimum atomic E-state index is -1.18. The number of aromatic carboxylic acids is 1. The van der Waals surface area contributed by atoms with Gasteiger partial charge in [0.2, 0.25) is 0 Å². The second-order valence-corrected chi connectivity index (χ2v) is 4.63. The minimum Gasteiger partial charge on any atom is -0.478 e. The van der Waals surface area contributed by atoms with Crippen molar-refractivity contribution in [1.82, 2.24) is 4.98 Å². The first-order chi connectivity index (χ1) is 10.0. The summed E-state index contributed by atoms with van der Waals surface area (Å²) >= 11 is 5.76. The SMILES string of the molecule is NCc1cc(C(=O)Nc2ccc(Cl)cc2C(=O)O)ccn1. The van der Waals surface area contributed by atoms with Gasteiger partial charge in [0.25, 0.3) is 5.91 Å². The van der Waals surface area contributed by atoms with E-state index in [0.717, 1.165) is 0 Å². The number of halogens is 1. The van der Waals surface area contributed by atoms with Crippen molar-refractivity contribution in [2.24, 2.45) is 5.73 Å². The standard InChI is InChI=1S/C14H12ClN3O3/c15-9-1-2-12(11(6-9)14(20)21)18-13(19)8-3-4-17-10(5-8)7-16/h1-6H,7,16H2,(H,18,19)(H,20,21). The summed E-state index contributed by atoms with van der Waals surface area (Å²) in [6.07, 6.45) is 1.47. The molecule has 6 nitrogen and oxygen atoms in total. The summed E-state index contributed by atoms with van der Waals surface area (Å²) in [7, 11) is 0. The van der Waals surface area contributed by atoms with E-state index in [1.165, 1.54) is 30.5 Å². The normalized spacial score (nSPS) is 10.2. The van der Waals surface area contributed by atoms with E-state index in [9.17, 15) is 9.59 Å². The molecule has 0 saturated heterocycles. The predicted octanol–water partition coefficient (Wildman–Crippen LogP) is 2.14. The summed E-state index contributed by atoms with van der Waals surface area (Å²) in [6.45, 7) is 0.211. The maximum Gasteiger partial charge on any atom is 0.337 e. The van der Waals surface area contributed by atoms with Gasteiger partial charge in [-0.2, -0.15) is 0 Å². The molecule has 0 aliphatic carbocycles. The largest absolute Gasteiger partial charge is 0.478 e. The number of nitrogens with two attached hydrogens (primary N) is 1. The molecule has 1 aromatic heterocycles. The average Bonchev–Trinajstić information content (AvgIpc) is 2.48. The zero-order chi connectivity index (χ0) is 15.4. The monoisotopic (exact) mass is 305 g/mol. The molecule has 0 aliphatic rings. The molecular weight excluding hydrogens is 294 g/mol. The van der Waals surface area contributed by atoms with E-state index >= 15 is 0 Å². The summed E-state index contributed by atoms with van der Waals surface area (Å²) in [4.78, 5) is 27.3. The molecule has 0 aliphatic heterocycles. The number of nitrogens with zero attached hydrogens (tertiary/aromatic N) is 1. The predicted molar refractivity (Wildman–Crippen MR) is 78.5 cm³/mol. The topological polar surface area (TPSA) is 105 Å². The Bertz CT molecular complexity index is 704. The molecule has 7 heteroatoms. The number of nitrogens with one attached hydrogen (secondary N) is 1. The van der Waals surface area contributed by atoms with Gasteiger partial charge in [0.15, 0.2) is 0 Å². The molecule has 0 unspecified atom stereocenters. The van der Waals surface area contributed by atoms with Crippen molar-refractivity contribution in [2.45, 2.75) is 6.54 Å². The fourth-order valence-corrected chi connectivity index (χ4v) is 1.90. The molecule has 4 N–H and O–H groups in total. The molecular formula is C14H12ClN3O3. The highest BCUT2D eigenvalue weighted by atomic mass is 35.5. The van der Waals surface area contributed by atoms with Crippen LogP contribution in [0.2, 0.25) is 5.02 Å². The van der Waals surface area contributed by atoms with Crippen LogP contribution in [0.3, 0.4) is 0 Å². The summed E-state index contributed by atoms with van der Waals surface area (Å²) in [5.41, 5.74) is 6.47. The number of carboxylic acid groups (broad SMARTS) is 1. The van der Waals surface area contributed by atoms with Gasteiger partial charge < -0.3 is 16.2 Å². The molecule has 1 amide bonds. The highest BCUT2D eigenvalue weighted by molar-refractivity contribution is 6.31. The number of carbonyl (C=O) groups excluding carboxylic acids is 1. The molecule has 21 heavy (non-hydrogen) atoms. The lowest BCUT2D eigenvalue weighted by atomic mass is 10.1. The van der Waals surface area contributed by atoms with Gasteiger partial charge in [-0.25, -0.2) is 4.79 Å². The first-order valence-corrected chi connectivity index (χ1v) is 6.38. The van der Waals surface area contributed by atoms with E-state index in [-0.39, 0.29) is 22.8 Å². The van der Waals surface area contributed by atoms with E-state index < -0.39 is 11.9 Å². The van der Waals surface area contributed by atoms with Crippen LogP contribution in [0.5, 0.6) is 0 Å². The lowest BCUT2D eigenvalue weighted by Crippen LogP contribution is -2.15. The van der Waals surface area contributed by atoms with Gasteiger partial charge in [-0.05, 0) is 30.3 Å². The Morgan fingerprint density at radius 1 is 1.29 bits per heavy atom. The van der Waals surface area contributed by atoms with Gasteiger partial charge in [0.1, 0.15) is 0 Å². The molecule has 2 aromatic rings. The van der Waals surface area contributed by atoms with Crippen molar-refractivity contribution in [3.63, 3.8) is 0 Å². The van der Waals surface area contributed by atoms with E-state index in [4.69, 9.17) is 22.4 Å². The van der Waals surface area contributed by atoms with Crippen LogP contribution < -0.4 is 11.1 Å². The second kappa shape index (κ2) is 6.34. The molecule has 0 bridgehead atoms. The van der Waals surface area contributed by atoms with E-state index in [1.807, 2.05) is 0 Å². The van der Waals surface area contributed by atoms with Gasteiger partial charge in [0, 0.05) is 23.3 Å². The van der Waals surface area contributed by atoms with Gasteiger partial charge in [-0.1, -0.05) is 11.6 Å². The third kappa shape index (κ3) is 3.56. The Balaban J connectivity index is 2.29. The van der Waals surface area contributed by atoms with Gasteiger partial charge in [0.05, 0.1) is 16.9 Å². The Hall–Kier alpha value is -2.44. The zero-order valence-corrected chi connectivity index (χ0v) is 11.6. The van der Waals surface area contributed by atoms with Crippen LogP contribution in [0.4, 0.5) is 5.69 Å². The van der Waals surface area contributed by atoms with Crippen molar-refractivity contribution in [1.29, 1.82) is 0 Å². The molecule has 108 valence electrons. The fraction of sp³-hybridized carbons (Fsp3) is 0.0714. The lowest BCUT2D eigenvalue weighted by Gasteiger charge is -2.09. The Kier molecular flexibility index (Phi) is 4.52. The highest BCUT2D eigenvalue weighted by Gasteiger charge is 2.14. The number of carbonyl (C=O) groups is 2. The number of hydrogen-bond donors (Lipinski definition) is 3. The average molecular weight is 306 g/mol. The highest BCUT2D eigenvalue weighted by Crippen LogP contribution is 2.21. The quantitative estimate of drug-likeness (QED) is 0.802. The van der Waals surface area contributed by atoms with Crippen LogP contribution >= 0.6 is 11.6 Å². The molecule has 0 spiro atoms. The molecule has 0 saturated carbocycles. The third-order valence-corrected chi connectivity index (χ3v) is 2.98. The molecule has 1 aromatic carbocycles.